The van der Waals surface area contributed by atoms with E-state index in [4.69, 9.17) is 0 Å². The van der Waals surface area contributed by atoms with E-state index in [2.05, 4.69) is 4.74 Å². The van der Waals surface area contributed by atoms with Crippen LogP contribution in [0.5, 0.6) is 0 Å². The van der Waals surface area contributed by atoms with Crippen molar-refractivity contribution in [2.75, 3.05) is 7.11 Å². The van der Waals surface area contributed by atoms with Gasteiger partial charge in [-0.2, -0.15) is 0 Å². The predicted octanol–water partition coefficient (Wildman–Crippen LogP) is 2.38. The van der Waals surface area contributed by atoms with Gasteiger partial charge in [-0.05, 0) is 38.8 Å². The first-order chi connectivity index (χ1) is 9.88. The summed E-state index contributed by atoms with van der Waals surface area (Å²) >= 11 is 0. The van der Waals surface area contributed by atoms with Crippen molar-refractivity contribution in [1.29, 1.82) is 0 Å². The highest BCUT2D eigenvalue weighted by atomic mass is 16.5. The molecule has 0 radical (unpaired) electrons. The van der Waals surface area contributed by atoms with Crippen molar-refractivity contribution in [1.82, 2.24) is 4.57 Å². The zero-order valence-electron chi connectivity index (χ0n) is 12.8. The lowest BCUT2D eigenvalue weighted by atomic mass is 9.93. The fourth-order valence-electron chi connectivity index (χ4n) is 2.69. The quantitative estimate of drug-likeness (QED) is 0.798. The molecular weight excluding hydrogens is 270 g/mol. The molecule has 0 saturated heterocycles. The molecule has 0 aliphatic heterocycles. The second-order valence-electron chi connectivity index (χ2n) is 5.29. The van der Waals surface area contributed by atoms with Crippen LogP contribution >= 0.6 is 0 Å². The van der Waals surface area contributed by atoms with Crippen molar-refractivity contribution >= 4 is 17.5 Å². The van der Waals surface area contributed by atoms with Crippen molar-refractivity contribution < 1.29 is 19.1 Å². The van der Waals surface area contributed by atoms with E-state index in [0.29, 0.717) is 36.2 Å². The first kappa shape index (κ1) is 15.2. The molecule has 21 heavy (non-hydrogen) atoms. The van der Waals surface area contributed by atoms with E-state index in [1.54, 1.807) is 6.92 Å². The average molecular weight is 289 g/mol. The Morgan fingerprint density at radius 2 is 1.90 bits per heavy atom. The summed E-state index contributed by atoms with van der Waals surface area (Å²) in [4.78, 5) is 35.7. The first-order valence-electron chi connectivity index (χ1n) is 6.92. The molecule has 0 aromatic carbocycles. The molecule has 0 N–H and O–H groups in total. The van der Waals surface area contributed by atoms with Crippen LogP contribution in [-0.4, -0.2) is 29.2 Å². The lowest BCUT2D eigenvalue weighted by Gasteiger charge is -2.13. The molecule has 0 fully saturated rings. The van der Waals surface area contributed by atoms with E-state index >= 15 is 0 Å². The summed E-state index contributed by atoms with van der Waals surface area (Å²) in [5, 5.41) is 0. The Hall–Kier alpha value is -2.17. The number of hydrogen-bond acceptors (Lipinski definition) is 4. The van der Waals surface area contributed by atoms with E-state index in [1.807, 2.05) is 18.4 Å². The topological polar surface area (TPSA) is 65.4 Å². The monoisotopic (exact) mass is 289 g/mol. The molecule has 1 aliphatic carbocycles. The Kier molecular flexibility index (Phi) is 4.11. The molecule has 0 spiro atoms. The van der Waals surface area contributed by atoms with E-state index in [9.17, 15) is 14.4 Å². The third kappa shape index (κ3) is 2.55. The predicted molar refractivity (Wildman–Crippen MR) is 77.6 cm³/mol. The molecular formula is C16H19NO4. The largest absolute Gasteiger partial charge is 0.469 e. The summed E-state index contributed by atoms with van der Waals surface area (Å²) in [6.07, 6.45) is 2.25. The highest BCUT2D eigenvalue weighted by Gasteiger charge is 2.30. The lowest BCUT2D eigenvalue weighted by Crippen LogP contribution is -2.19. The van der Waals surface area contributed by atoms with Crippen LogP contribution < -0.4 is 0 Å². The number of methoxy groups -OCH3 is 1. The molecule has 0 bridgehead atoms. The van der Waals surface area contributed by atoms with Gasteiger partial charge in [-0.15, -0.1) is 0 Å². The van der Waals surface area contributed by atoms with Crippen molar-refractivity contribution in [2.45, 2.75) is 40.2 Å². The molecule has 0 unspecified atom stereocenters. The Bertz CT molecular complexity index is 664. The number of esters is 1. The zero-order valence-corrected chi connectivity index (χ0v) is 12.8. The van der Waals surface area contributed by atoms with Gasteiger partial charge in [-0.25, -0.2) is 0 Å². The Labute approximate surface area is 123 Å². The number of ketones is 2. The van der Waals surface area contributed by atoms with E-state index in [1.165, 1.54) is 13.2 Å². The Balaban J connectivity index is 2.36. The number of allylic oxidation sites excluding steroid dienone is 2. The van der Waals surface area contributed by atoms with Gasteiger partial charge in [0, 0.05) is 24.2 Å². The molecule has 1 heterocycles. The summed E-state index contributed by atoms with van der Waals surface area (Å²) < 4.78 is 6.45. The summed E-state index contributed by atoms with van der Waals surface area (Å²) in [7, 11) is 1.35. The average Bonchev–Trinajstić information content (AvgIpc) is 2.70. The maximum Gasteiger partial charge on any atom is 0.305 e. The number of rotatable bonds is 4. The number of carbonyl (C=O) groups excluding carboxylic acids is 3. The standard InChI is InChI=1S/C16H19NO4/c1-9-8-12(18)15-14(16(9)20)10(2)11(3)17(15)7-5-6-13(19)21-4/h8H,5-7H2,1-4H3. The molecule has 0 saturated carbocycles. The van der Waals surface area contributed by atoms with Gasteiger partial charge >= 0.3 is 5.97 Å². The smallest absolute Gasteiger partial charge is 0.305 e. The Morgan fingerprint density at radius 3 is 2.52 bits per heavy atom. The SMILES string of the molecule is COC(=O)CCCn1c(C)c(C)c2c1C(=O)C=C(C)C2=O. The number of nitrogens with zero attached hydrogens (tertiary/aromatic N) is 1. The first-order valence-corrected chi connectivity index (χ1v) is 6.92. The van der Waals surface area contributed by atoms with Crippen LogP contribution in [-0.2, 0) is 16.1 Å². The fraction of sp³-hybridized carbons (Fsp3) is 0.438. The lowest BCUT2D eigenvalue weighted by molar-refractivity contribution is -0.140. The third-order valence-corrected chi connectivity index (χ3v) is 3.99. The van der Waals surface area contributed by atoms with Gasteiger partial charge in [-0.3, -0.25) is 14.4 Å². The highest BCUT2D eigenvalue weighted by molar-refractivity contribution is 6.24. The van der Waals surface area contributed by atoms with Gasteiger partial charge in [-0.1, -0.05) is 0 Å². The van der Waals surface area contributed by atoms with Crippen molar-refractivity contribution in [3.8, 4) is 0 Å². The minimum absolute atomic E-state index is 0.0862. The van der Waals surface area contributed by atoms with Crippen LogP contribution in [0.4, 0.5) is 0 Å². The van der Waals surface area contributed by atoms with Crippen LogP contribution in [0.1, 0.15) is 51.9 Å². The van der Waals surface area contributed by atoms with E-state index in [0.717, 1.165) is 11.3 Å². The van der Waals surface area contributed by atoms with Crippen molar-refractivity contribution in [3.05, 3.63) is 34.2 Å². The second-order valence-corrected chi connectivity index (χ2v) is 5.29. The highest BCUT2D eigenvalue weighted by Crippen LogP contribution is 2.29. The maximum atomic E-state index is 12.3. The van der Waals surface area contributed by atoms with Crippen LogP contribution in [0.25, 0.3) is 0 Å². The van der Waals surface area contributed by atoms with E-state index < -0.39 is 0 Å². The van der Waals surface area contributed by atoms with Gasteiger partial charge in [0.1, 0.15) is 5.69 Å². The van der Waals surface area contributed by atoms with Crippen LogP contribution in [0, 0.1) is 13.8 Å². The van der Waals surface area contributed by atoms with Crippen LogP contribution in [0.15, 0.2) is 11.6 Å². The molecule has 1 aromatic heterocycles. The minimum Gasteiger partial charge on any atom is -0.469 e. The number of carbonyl (C=O) groups is 3. The number of Topliss-reactive ketones (excluding diaryl/α,β-unsaturated/α-hetero) is 1. The number of fused-ring (bicyclic) bond motifs is 1. The second kappa shape index (κ2) is 5.68. The summed E-state index contributed by atoms with van der Waals surface area (Å²) in [5.74, 6) is -0.503. The van der Waals surface area contributed by atoms with Gasteiger partial charge in [0.15, 0.2) is 5.78 Å². The van der Waals surface area contributed by atoms with Crippen LogP contribution in [0.2, 0.25) is 0 Å². The molecule has 0 atom stereocenters. The number of aromatic nitrogens is 1. The molecule has 1 aromatic rings. The van der Waals surface area contributed by atoms with Gasteiger partial charge in [0.2, 0.25) is 5.78 Å². The molecule has 5 nitrogen and oxygen atoms in total. The normalized spacial score (nSPS) is 14.0. The van der Waals surface area contributed by atoms with Gasteiger partial charge < -0.3 is 9.30 Å². The summed E-state index contributed by atoms with van der Waals surface area (Å²) in [5.41, 5.74) is 3.17. The summed E-state index contributed by atoms with van der Waals surface area (Å²) in [6.45, 7) is 5.92. The van der Waals surface area contributed by atoms with Gasteiger partial charge in [0.05, 0.1) is 12.7 Å². The van der Waals surface area contributed by atoms with Crippen molar-refractivity contribution in [2.24, 2.45) is 0 Å². The molecule has 1 aliphatic rings. The van der Waals surface area contributed by atoms with Gasteiger partial charge in [0.25, 0.3) is 0 Å². The number of ether oxygens (including phenoxy) is 1. The molecule has 112 valence electrons. The fourth-order valence-corrected chi connectivity index (χ4v) is 2.69. The molecule has 5 heteroatoms. The molecule has 2 rings (SSSR count). The minimum atomic E-state index is -0.274. The zero-order chi connectivity index (χ0) is 15.7. The third-order valence-electron chi connectivity index (χ3n) is 3.99. The summed E-state index contributed by atoms with van der Waals surface area (Å²) in [6, 6.07) is 0. The van der Waals surface area contributed by atoms with E-state index in [-0.39, 0.29) is 17.5 Å². The maximum absolute atomic E-state index is 12.3. The Morgan fingerprint density at radius 1 is 1.24 bits per heavy atom. The van der Waals surface area contributed by atoms with Crippen LogP contribution in [0.3, 0.4) is 0 Å². The molecule has 0 amide bonds. The van der Waals surface area contributed by atoms with Crippen molar-refractivity contribution in [3.63, 3.8) is 0 Å². The number of hydrogen-bond donors (Lipinski definition) is 0.